The van der Waals surface area contributed by atoms with Gasteiger partial charge in [0.2, 0.25) is 0 Å². The molecule has 9 heteroatoms. The number of anilines is 2. The minimum absolute atomic E-state index is 0.0366. The largest absolute Gasteiger partial charge is 0.398 e. The highest BCUT2D eigenvalue weighted by Crippen LogP contribution is 2.24. The van der Waals surface area contributed by atoms with Crippen molar-refractivity contribution >= 4 is 49.1 Å². The summed E-state index contributed by atoms with van der Waals surface area (Å²) >= 11 is 8.86. The Labute approximate surface area is 123 Å². The van der Waals surface area contributed by atoms with Gasteiger partial charge in [-0.15, -0.1) is 0 Å². The summed E-state index contributed by atoms with van der Waals surface area (Å²) in [5.41, 5.74) is 5.81. The molecular weight excluding hydrogens is 356 g/mol. The molecule has 0 saturated carbocycles. The fourth-order valence-corrected chi connectivity index (χ4v) is 2.99. The molecule has 2 aromatic rings. The van der Waals surface area contributed by atoms with Gasteiger partial charge in [-0.3, -0.25) is 4.72 Å². The normalized spacial score (nSPS) is 11.3. The Morgan fingerprint density at radius 1 is 1.26 bits per heavy atom. The summed E-state index contributed by atoms with van der Waals surface area (Å²) in [6.45, 7) is 0. The Hall–Kier alpha value is -1.38. The van der Waals surface area contributed by atoms with E-state index in [1.807, 2.05) is 0 Å². The summed E-state index contributed by atoms with van der Waals surface area (Å²) in [5.74, 6) is 0.0716. The fourth-order valence-electron chi connectivity index (χ4n) is 1.35. The van der Waals surface area contributed by atoms with Crippen LogP contribution in [0.5, 0.6) is 0 Å². The molecule has 0 radical (unpaired) electrons. The number of hydrogen-bond donors (Lipinski definition) is 2. The zero-order valence-corrected chi connectivity index (χ0v) is 12.5. The van der Waals surface area contributed by atoms with Crippen molar-refractivity contribution in [1.29, 1.82) is 0 Å². The summed E-state index contributed by atoms with van der Waals surface area (Å²) in [6, 6.07) is 5.78. The molecule has 0 saturated heterocycles. The first kappa shape index (κ1) is 14.0. The standard InChI is InChI=1S/C10H8BrClN4O2S/c11-6-1-2-8(7(13)3-6)19(17,18)16-10-4-9(12)14-5-15-10/h1-5H,13H2,(H,14,15,16). The molecule has 0 aliphatic rings. The van der Waals surface area contributed by atoms with Gasteiger partial charge in [0, 0.05) is 10.5 Å². The highest BCUT2D eigenvalue weighted by Gasteiger charge is 2.18. The summed E-state index contributed by atoms with van der Waals surface area (Å²) < 4.78 is 27.2. The molecule has 6 nitrogen and oxygen atoms in total. The topological polar surface area (TPSA) is 98.0 Å². The highest BCUT2D eigenvalue weighted by molar-refractivity contribution is 9.10. The molecule has 0 unspecified atom stereocenters. The fraction of sp³-hybridized carbons (Fsp3) is 0. The summed E-state index contributed by atoms with van der Waals surface area (Å²) in [5, 5.41) is 0.136. The molecule has 100 valence electrons. The molecule has 2 rings (SSSR count). The van der Waals surface area contributed by atoms with Gasteiger partial charge in [0.05, 0.1) is 5.69 Å². The number of nitrogens with one attached hydrogen (secondary N) is 1. The van der Waals surface area contributed by atoms with E-state index in [1.54, 1.807) is 6.07 Å². The lowest BCUT2D eigenvalue weighted by atomic mass is 10.3. The number of halogens is 2. The van der Waals surface area contributed by atoms with Crippen LogP contribution in [0, 0.1) is 0 Å². The van der Waals surface area contributed by atoms with E-state index < -0.39 is 10.0 Å². The van der Waals surface area contributed by atoms with Crippen molar-refractivity contribution in [2.24, 2.45) is 0 Å². The molecule has 0 aliphatic heterocycles. The van der Waals surface area contributed by atoms with E-state index in [0.29, 0.717) is 4.47 Å². The maximum absolute atomic E-state index is 12.1. The van der Waals surface area contributed by atoms with E-state index in [1.165, 1.54) is 18.2 Å². The third-order valence-corrected chi connectivity index (χ3v) is 4.26. The average Bonchev–Trinajstić information content (AvgIpc) is 2.27. The zero-order chi connectivity index (χ0) is 14.0. The van der Waals surface area contributed by atoms with E-state index in [-0.39, 0.29) is 21.6 Å². The molecule has 0 atom stereocenters. The Morgan fingerprint density at radius 2 is 2.00 bits per heavy atom. The van der Waals surface area contributed by atoms with Crippen LogP contribution in [-0.4, -0.2) is 18.4 Å². The van der Waals surface area contributed by atoms with Crippen LogP contribution in [0.2, 0.25) is 5.15 Å². The average molecular weight is 364 g/mol. The first-order valence-electron chi connectivity index (χ1n) is 4.94. The van der Waals surface area contributed by atoms with Crippen molar-refractivity contribution < 1.29 is 8.42 Å². The minimum atomic E-state index is -3.82. The smallest absolute Gasteiger partial charge is 0.265 e. The van der Waals surface area contributed by atoms with E-state index in [2.05, 4.69) is 30.6 Å². The molecule has 1 heterocycles. The van der Waals surface area contributed by atoms with E-state index in [0.717, 1.165) is 6.33 Å². The second-order valence-corrected chi connectivity index (χ2v) is 6.47. The maximum Gasteiger partial charge on any atom is 0.265 e. The molecule has 19 heavy (non-hydrogen) atoms. The Morgan fingerprint density at radius 3 is 2.63 bits per heavy atom. The van der Waals surface area contributed by atoms with Crippen molar-refractivity contribution in [3.63, 3.8) is 0 Å². The van der Waals surface area contributed by atoms with Gasteiger partial charge in [-0.2, -0.15) is 0 Å². The number of hydrogen-bond acceptors (Lipinski definition) is 5. The third kappa shape index (κ3) is 3.34. The number of rotatable bonds is 3. The number of benzene rings is 1. The van der Waals surface area contributed by atoms with E-state index in [4.69, 9.17) is 17.3 Å². The van der Waals surface area contributed by atoms with Crippen LogP contribution in [-0.2, 0) is 10.0 Å². The van der Waals surface area contributed by atoms with Gasteiger partial charge < -0.3 is 5.73 Å². The van der Waals surface area contributed by atoms with Gasteiger partial charge in [0.1, 0.15) is 22.2 Å². The molecule has 1 aromatic carbocycles. The predicted octanol–water partition coefficient (Wildman–Crippen LogP) is 2.28. The summed E-state index contributed by atoms with van der Waals surface area (Å²) in [7, 11) is -3.82. The Kier molecular flexibility index (Phi) is 3.93. The summed E-state index contributed by atoms with van der Waals surface area (Å²) in [6.07, 6.45) is 1.16. The minimum Gasteiger partial charge on any atom is -0.398 e. The predicted molar refractivity (Wildman–Crippen MR) is 76.4 cm³/mol. The number of aromatic nitrogens is 2. The van der Waals surface area contributed by atoms with Crippen molar-refractivity contribution in [2.75, 3.05) is 10.5 Å². The van der Waals surface area contributed by atoms with Gasteiger partial charge in [0.15, 0.2) is 0 Å². The van der Waals surface area contributed by atoms with Crippen LogP contribution >= 0.6 is 27.5 Å². The first-order valence-corrected chi connectivity index (χ1v) is 7.59. The Balaban J connectivity index is 2.38. The monoisotopic (exact) mass is 362 g/mol. The van der Waals surface area contributed by atoms with Crippen LogP contribution in [0.4, 0.5) is 11.5 Å². The lowest BCUT2D eigenvalue weighted by Crippen LogP contribution is -2.15. The van der Waals surface area contributed by atoms with Crippen molar-refractivity contribution in [3.8, 4) is 0 Å². The third-order valence-electron chi connectivity index (χ3n) is 2.13. The molecule has 3 N–H and O–H groups in total. The van der Waals surface area contributed by atoms with Crippen LogP contribution < -0.4 is 10.5 Å². The lowest BCUT2D eigenvalue weighted by molar-refractivity contribution is 0.601. The van der Waals surface area contributed by atoms with Gasteiger partial charge in [0.25, 0.3) is 10.0 Å². The zero-order valence-electron chi connectivity index (χ0n) is 9.34. The number of nitrogens with zero attached hydrogens (tertiary/aromatic N) is 2. The number of nitrogen functional groups attached to an aromatic ring is 1. The van der Waals surface area contributed by atoms with Gasteiger partial charge >= 0.3 is 0 Å². The van der Waals surface area contributed by atoms with Crippen molar-refractivity contribution in [3.05, 3.63) is 40.2 Å². The van der Waals surface area contributed by atoms with Gasteiger partial charge in [-0.25, -0.2) is 18.4 Å². The number of nitrogens with two attached hydrogens (primary N) is 1. The van der Waals surface area contributed by atoms with E-state index in [9.17, 15) is 8.42 Å². The van der Waals surface area contributed by atoms with Crippen molar-refractivity contribution in [2.45, 2.75) is 4.90 Å². The maximum atomic E-state index is 12.1. The molecule has 1 aromatic heterocycles. The van der Waals surface area contributed by atoms with Crippen LogP contribution in [0.25, 0.3) is 0 Å². The summed E-state index contributed by atoms with van der Waals surface area (Å²) in [4.78, 5) is 7.39. The highest BCUT2D eigenvalue weighted by atomic mass is 79.9. The van der Waals surface area contributed by atoms with Gasteiger partial charge in [-0.05, 0) is 18.2 Å². The molecule has 0 spiro atoms. The second kappa shape index (κ2) is 5.32. The number of sulfonamides is 1. The second-order valence-electron chi connectivity index (χ2n) is 3.51. The van der Waals surface area contributed by atoms with Crippen LogP contribution in [0.3, 0.4) is 0 Å². The first-order chi connectivity index (χ1) is 8.88. The van der Waals surface area contributed by atoms with Crippen LogP contribution in [0.1, 0.15) is 0 Å². The van der Waals surface area contributed by atoms with Crippen molar-refractivity contribution in [1.82, 2.24) is 9.97 Å². The molecule has 0 fully saturated rings. The van der Waals surface area contributed by atoms with Gasteiger partial charge in [-0.1, -0.05) is 27.5 Å². The quantitative estimate of drug-likeness (QED) is 0.644. The lowest BCUT2D eigenvalue weighted by Gasteiger charge is -2.09. The Bertz CT molecular complexity index is 723. The van der Waals surface area contributed by atoms with Crippen LogP contribution in [0.15, 0.2) is 40.0 Å². The molecule has 0 amide bonds. The molecule has 0 aliphatic carbocycles. The SMILES string of the molecule is Nc1cc(Br)ccc1S(=O)(=O)Nc1cc(Cl)ncn1. The molecule has 0 bridgehead atoms. The van der Waals surface area contributed by atoms with E-state index >= 15 is 0 Å². The molecular formula is C10H8BrClN4O2S.